The maximum atomic E-state index is 5.14. The third-order valence-electron chi connectivity index (χ3n) is 1.22. The summed E-state index contributed by atoms with van der Waals surface area (Å²) in [6.07, 6.45) is 1.69. The van der Waals surface area contributed by atoms with Gasteiger partial charge in [-0.05, 0) is 12.1 Å². The minimum Gasteiger partial charge on any atom is -0.468 e. The van der Waals surface area contributed by atoms with Crippen molar-refractivity contribution in [3.05, 3.63) is 31.2 Å². The Morgan fingerprint density at radius 2 is 2.55 bits per heavy atom. The normalized spacial score (nSPS) is 10.3. The second-order valence-corrected chi connectivity index (χ2v) is 3.19. The molecule has 0 fully saturated rings. The van der Waals surface area contributed by atoms with E-state index in [-0.39, 0.29) is 0 Å². The van der Waals surface area contributed by atoms with Crippen LogP contribution in [0, 0.1) is 7.05 Å². The van der Waals surface area contributed by atoms with E-state index in [2.05, 4.69) is 5.32 Å². The molecule has 0 unspecified atom stereocenters. The van der Waals surface area contributed by atoms with E-state index < -0.39 is 0 Å². The molecule has 1 aromatic heterocycles. The first kappa shape index (κ1) is 8.68. The van der Waals surface area contributed by atoms with Crippen LogP contribution in [-0.4, -0.2) is 12.3 Å². The van der Waals surface area contributed by atoms with Gasteiger partial charge in [-0.25, -0.2) is 0 Å². The summed E-state index contributed by atoms with van der Waals surface area (Å²) in [5, 5.41) is 2.60. The molecule has 0 aliphatic carbocycles. The Hall–Kier alpha value is -0.410. The zero-order valence-electron chi connectivity index (χ0n) is 6.25. The number of rotatable bonds is 5. The zero-order chi connectivity index (χ0) is 7.94. The van der Waals surface area contributed by atoms with E-state index in [4.69, 9.17) is 11.5 Å². The van der Waals surface area contributed by atoms with Gasteiger partial charge in [0.2, 0.25) is 0 Å². The van der Waals surface area contributed by atoms with Crippen molar-refractivity contribution in [2.45, 2.75) is 5.75 Å². The first-order valence-electron chi connectivity index (χ1n) is 3.47. The molecular formula is C8H11NOS. The van der Waals surface area contributed by atoms with Crippen molar-refractivity contribution < 1.29 is 4.42 Å². The highest BCUT2D eigenvalue weighted by atomic mass is 32.2. The van der Waals surface area contributed by atoms with E-state index in [9.17, 15) is 0 Å². The van der Waals surface area contributed by atoms with Crippen molar-refractivity contribution >= 4 is 11.8 Å². The van der Waals surface area contributed by atoms with Crippen molar-refractivity contribution in [1.82, 2.24) is 5.32 Å². The predicted octanol–water partition coefficient (Wildman–Crippen LogP) is 1.77. The van der Waals surface area contributed by atoms with E-state index in [0.29, 0.717) is 0 Å². The molecule has 1 N–H and O–H groups in total. The van der Waals surface area contributed by atoms with E-state index in [0.717, 1.165) is 23.8 Å². The number of hydrogen-bond donors (Lipinski definition) is 1. The summed E-state index contributed by atoms with van der Waals surface area (Å²) in [4.78, 5) is 0. The van der Waals surface area contributed by atoms with Crippen molar-refractivity contribution in [3.8, 4) is 0 Å². The summed E-state index contributed by atoms with van der Waals surface area (Å²) in [7, 11) is 5.10. The van der Waals surface area contributed by atoms with Gasteiger partial charge < -0.3 is 9.73 Å². The minimum absolute atomic E-state index is 0.839. The lowest BCUT2D eigenvalue weighted by atomic mass is 10.5. The molecule has 2 nitrogen and oxygen atoms in total. The predicted molar refractivity (Wildman–Crippen MR) is 47.2 cm³/mol. The summed E-state index contributed by atoms with van der Waals surface area (Å²) in [6.45, 7) is 0.839. The van der Waals surface area contributed by atoms with E-state index >= 15 is 0 Å². The Balaban J connectivity index is 2.04. The van der Waals surface area contributed by atoms with Gasteiger partial charge in [0.05, 0.1) is 12.0 Å². The largest absolute Gasteiger partial charge is 0.468 e. The minimum atomic E-state index is 0.839. The molecule has 0 aromatic carbocycles. The smallest absolute Gasteiger partial charge is 0.113 e. The SMILES string of the molecule is [CH]NCCSCc1ccco1. The van der Waals surface area contributed by atoms with Crippen molar-refractivity contribution in [2.75, 3.05) is 12.3 Å². The first-order chi connectivity index (χ1) is 5.43. The van der Waals surface area contributed by atoms with Gasteiger partial charge in [0.25, 0.3) is 0 Å². The molecule has 0 aliphatic heterocycles. The number of furan rings is 1. The molecule has 11 heavy (non-hydrogen) atoms. The standard InChI is InChI=1S/C8H11NOS/c1-9-4-6-11-7-8-3-2-5-10-8/h1-3,5,9H,4,6-7H2. The molecule has 0 amide bonds. The molecular weight excluding hydrogens is 158 g/mol. The van der Waals surface area contributed by atoms with Gasteiger partial charge in [-0.1, -0.05) is 0 Å². The Bertz CT molecular complexity index is 174. The first-order valence-corrected chi connectivity index (χ1v) is 4.62. The number of nitrogens with one attached hydrogen (secondary N) is 1. The summed E-state index contributed by atoms with van der Waals surface area (Å²) < 4.78 is 5.14. The highest BCUT2D eigenvalue weighted by Crippen LogP contribution is 2.11. The molecule has 1 rings (SSSR count). The van der Waals surface area contributed by atoms with Gasteiger partial charge in [0, 0.05) is 19.3 Å². The van der Waals surface area contributed by atoms with Gasteiger partial charge in [0.15, 0.2) is 0 Å². The van der Waals surface area contributed by atoms with Gasteiger partial charge in [-0.2, -0.15) is 11.8 Å². The lowest BCUT2D eigenvalue weighted by molar-refractivity contribution is 0.530. The molecule has 0 saturated carbocycles. The summed E-state index contributed by atoms with van der Waals surface area (Å²) in [6, 6.07) is 3.87. The third-order valence-corrected chi connectivity index (χ3v) is 2.20. The quantitative estimate of drug-likeness (QED) is 0.537. The second-order valence-electron chi connectivity index (χ2n) is 2.09. The monoisotopic (exact) mass is 169 g/mol. The van der Waals surface area contributed by atoms with Gasteiger partial charge in [0.1, 0.15) is 5.76 Å². The van der Waals surface area contributed by atoms with Crippen molar-refractivity contribution in [1.29, 1.82) is 0 Å². The van der Waals surface area contributed by atoms with Crippen LogP contribution in [0.15, 0.2) is 22.8 Å². The van der Waals surface area contributed by atoms with E-state index in [1.165, 1.54) is 0 Å². The van der Waals surface area contributed by atoms with Crippen LogP contribution in [0.25, 0.3) is 0 Å². The van der Waals surface area contributed by atoms with Crippen LogP contribution in [0.4, 0.5) is 0 Å². The molecule has 0 bridgehead atoms. The fourth-order valence-corrected chi connectivity index (χ4v) is 1.47. The zero-order valence-corrected chi connectivity index (χ0v) is 7.06. The molecule has 1 heterocycles. The number of hydrogen-bond acceptors (Lipinski definition) is 3. The van der Waals surface area contributed by atoms with Gasteiger partial charge in [-0.15, -0.1) is 0 Å². The summed E-state index contributed by atoms with van der Waals surface area (Å²) in [5.41, 5.74) is 0. The van der Waals surface area contributed by atoms with Crippen LogP contribution < -0.4 is 5.32 Å². The van der Waals surface area contributed by atoms with Crippen LogP contribution in [-0.2, 0) is 5.75 Å². The highest BCUT2D eigenvalue weighted by molar-refractivity contribution is 7.98. The van der Waals surface area contributed by atoms with Gasteiger partial charge in [-0.3, -0.25) is 0 Å². The summed E-state index contributed by atoms with van der Waals surface area (Å²) in [5.74, 6) is 2.96. The molecule has 1 aromatic rings. The summed E-state index contributed by atoms with van der Waals surface area (Å²) >= 11 is 1.80. The lowest BCUT2D eigenvalue weighted by Crippen LogP contribution is -2.06. The van der Waals surface area contributed by atoms with Crippen molar-refractivity contribution in [2.24, 2.45) is 0 Å². The average molecular weight is 169 g/mol. The van der Waals surface area contributed by atoms with Crippen LogP contribution in [0.5, 0.6) is 0 Å². The molecule has 0 atom stereocenters. The fourth-order valence-electron chi connectivity index (χ4n) is 0.699. The van der Waals surface area contributed by atoms with Crippen molar-refractivity contribution in [3.63, 3.8) is 0 Å². The Labute approximate surface area is 71.4 Å². The van der Waals surface area contributed by atoms with Crippen LogP contribution in [0.1, 0.15) is 5.76 Å². The molecule has 0 saturated heterocycles. The Kier molecular flexibility index (Phi) is 4.16. The Morgan fingerprint density at radius 3 is 3.18 bits per heavy atom. The van der Waals surface area contributed by atoms with E-state index in [1.54, 1.807) is 18.0 Å². The third kappa shape index (κ3) is 3.49. The average Bonchev–Trinajstić information content (AvgIpc) is 2.50. The highest BCUT2D eigenvalue weighted by Gasteiger charge is 1.93. The van der Waals surface area contributed by atoms with Gasteiger partial charge >= 0.3 is 0 Å². The van der Waals surface area contributed by atoms with Crippen LogP contribution in [0.2, 0.25) is 0 Å². The molecule has 2 radical (unpaired) electrons. The molecule has 60 valence electrons. The van der Waals surface area contributed by atoms with Crippen LogP contribution in [0.3, 0.4) is 0 Å². The van der Waals surface area contributed by atoms with Crippen LogP contribution >= 0.6 is 11.8 Å². The second kappa shape index (κ2) is 5.27. The van der Waals surface area contributed by atoms with E-state index in [1.807, 2.05) is 12.1 Å². The number of thioether (sulfide) groups is 1. The maximum Gasteiger partial charge on any atom is 0.113 e. The fraction of sp³-hybridized carbons (Fsp3) is 0.375. The molecule has 3 heteroatoms. The topological polar surface area (TPSA) is 25.2 Å². The molecule has 0 spiro atoms. The Morgan fingerprint density at radius 1 is 1.64 bits per heavy atom. The maximum absolute atomic E-state index is 5.14. The molecule has 0 aliphatic rings. The lowest BCUT2D eigenvalue weighted by Gasteiger charge is -1.96.